The van der Waals surface area contributed by atoms with Gasteiger partial charge in [0.1, 0.15) is 18.3 Å². The van der Waals surface area contributed by atoms with Crippen LogP contribution in [0.4, 0.5) is 11.5 Å². The molecule has 2 heterocycles. The summed E-state index contributed by atoms with van der Waals surface area (Å²) < 4.78 is 26.6. The zero-order valence-corrected chi connectivity index (χ0v) is 15.7. The summed E-state index contributed by atoms with van der Waals surface area (Å²) in [5, 5.41) is 0. The lowest BCUT2D eigenvalue weighted by molar-refractivity contribution is 0.587. The number of aromatic nitrogens is 4. The molecule has 0 radical (unpaired) electrons. The number of nitrogens with two attached hydrogens (primary N) is 1. The van der Waals surface area contributed by atoms with Crippen LogP contribution in [0, 0.1) is 6.92 Å². The summed E-state index contributed by atoms with van der Waals surface area (Å²) in [6.07, 6.45) is 2.90. The Kier molecular flexibility index (Phi) is 4.41. The van der Waals surface area contributed by atoms with Gasteiger partial charge in [0.25, 0.3) is 10.0 Å². The highest BCUT2D eigenvalue weighted by Crippen LogP contribution is 2.24. The second-order valence-corrected chi connectivity index (χ2v) is 7.79. The maximum absolute atomic E-state index is 12.4. The number of rotatable bonds is 5. The van der Waals surface area contributed by atoms with Crippen molar-refractivity contribution in [2.24, 2.45) is 0 Å². The van der Waals surface area contributed by atoms with Gasteiger partial charge >= 0.3 is 0 Å². The van der Waals surface area contributed by atoms with Crippen LogP contribution in [0.25, 0.3) is 16.9 Å². The van der Waals surface area contributed by atoms with Crippen molar-refractivity contribution in [3.8, 4) is 5.82 Å². The van der Waals surface area contributed by atoms with Gasteiger partial charge in [0.05, 0.1) is 15.9 Å². The average Bonchev–Trinajstić information content (AvgIpc) is 3.11. The first kappa shape index (κ1) is 17.9. The Hall–Kier alpha value is -3.50. The molecule has 2 aromatic carbocycles. The minimum Gasteiger partial charge on any atom is -0.393 e. The Morgan fingerprint density at radius 1 is 1.00 bits per heavy atom. The third-order valence-corrected chi connectivity index (χ3v) is 5.44. The number of para-hydroxylation sites is 2. The van der Waals surface area contributed by atoms with Crippen molar-refractivity contribution in [3.63, 3.8) is 0 Å². The van der Waals surface area contributed by atoms with Crippen LogP contribution in [0.3, 0.4) is 0 Å². The molecule has 9 nitrogen and oxygen atoms in total. The van der Waals surface area contributed by atoms with Crippen molar-refractivity contribution in [3.05, 3.63) is 66.7 Å². The summed E-state index contributed by atoms with van der Waals surface area (Å²) in [6, 6.07) is 14.0. The molecule has 0 aliphatic rings. The molecule has 2 aromatic heterocycles. The number of sulfonamides is 1. The summed E-state index contributed by atoms with van der Waals surface area (Å²) in [6.45, 7) is 1.88. The normalized spacial score (nSPS) is 11.6. The van der Waals surface area contributed by atoms with Crippen LogP contribution in [0.5, 0.6) is 0 Å². The zero-order valence-electron chi connectivity index (χ0n) is 14.9. The second-order valence-electron chi connectivity index (χ2n) is 6.11. The smallest absolute Gasteiger partial charge is 0.257 e. The fourth-order valence-corrected chi connectivity index (χ4v) is 3.54. The van der Waals surface area contributed by atoms with Crippen LogP contribution < -0.4 is 16.0 Å². The van der Waals surface area contributed by atoms with Gasteiger partial charge in [-0.25, -0.2) is 23.4 Å². The van der Waals surface area contributed by atoms with E-state index in [4.69, 9.17) is 5.73 Å². The van der Waals surface area contributed by atoms with Crippen molar-refractivity contribution < 1.29 is 8.42 Å². The van der Waals surface area contributed by atoms with Gasteiger partial charge in [-0.1, -0.05) is 29.8 Å². The Morgan fingerprint density at radius 2 is 1.75 bits per heavy atom. The fraction of sp³-hybridized carbons (Fsp3) is 0.0556. The molecular weight excluding hydrogens is 378 g/mol. The number of benzene rings is 2. The number of imidazole rings is 1. The molecule has 142 valence electrons. The molecule has 28 heavy (non-hydrogen) atoms. The summed E-state index contributed by atoms with van der Waals surface area (Å²) in [5.74, 6) is 0.527. The molecule has 0 spiro atoms. The third-order valence-electron chi connectivity index (χ3n) is 4.18. The van der Waals surface area contributed by atoms with Crippen LogP contribution in [-0.4, -0.2) is 27.9 Å². The molecule has 4 rings (SSSR count). The Bertz CT molecular complexity index is 1250. The lowest BCUT2D eigenvalue weighted by Crippen LogP contribution is -2.30. The number of hydrogen-bond acceptors (Lipinski definition) is 7. The van der Waals surface area contributed by atoms with Crippen LogP contribution in [0.1, 0.15) is 5.56 Å². The van der Waals surface area contributed by atoms with Gasteiger partial charge in [0.15, 0.2) is 11.6 Å². The van der Waals surface area contributed by atoms with Crippen molar-refractivity contribution in [1.29, 1.82) is 0 Å². The van der Waals surface area contributed by atoms with Crippen LogP contribution in [0.2, 0.25) is 0 Å². The Balaban J connectivity index is 1.63. The predicted octanol–water partition coefficient (Wildman–Crippen LogP) is 2.01. The molecule has 0 saturated heterocycles. The van der Waals surface area contributed by atoms with E-state index in [1.165, 1.54) is 18.5 Å². The van der Waals surface area contributed by atoms with E-state index in [9.17, 15) is 8.42 Å². The van der Waals surface area contributed by atoms with E-state index in [-0.39, 0.29) is 16.4 Å². The lowest BCUT2D eigenvalue weighted by atomic mass is 10.2. The number of hydrazine groups is 1. The van der Waals surface area contributed by atoms with Crippen molar-refractivity contribution in [2.45, 2.75) is 11.8 Å². The van der Waals surface area contributed by atoms with Crippen molar-refractivity contribution in [2.75, 3.05) is 11.2 Å². The van der Waals surface area contributed by atoms with Gasteiger partial charge in [-0.3, -0.25) is 9.99 Å². The third kappa shape index (κ3) is 3.26. The standard InChI is InChI=1S/C18H17N7O2S/c1-12-6-8-13(9-7-12)28(26,27)24-23-17-16(19)18(21-10-20-17)25-11-22-14-4-2-3-5-15(14)25/h2-11,24H,19H2,1H3,(H,20,21,23). The number of nitrogens with one attached hydrogen (secondary N) is 2. The van der Waals surface area contributed by atoms with Crippen molar-refractivity contribution in [1.82, 2.24) is 24.4 Å². The van der Waals surface area contributed by atoms with Gasteiger partial charge in [-0.05, 0) is 31.2 Å². The van der Waals surface area contributed by atoms with E-state index < -0.39 is 10.0 Å². The number of aryl methyl sites for hydroxylation is 1. The highest BCUT2D eigenvalue weighted by atomic mass is 32.2. The minimum absolute atomic E-state index is 0.124. The summed E-state index contributed by atoms with van der Waals surface area (Å²) in [5.41, 5.74) is 11.5. The molecule has 4 N–H and O–H groups in total. The number of hydrogen-bond donors (Lipinski definition) is 3. The Morgan fingerprint density at radius 3 is 2.54 bits per heavy atom. The molecule has 0 aliphatic carbocycles. The van der Waals surface area contributed by atoms with Gasteiger partial charge in [0.2, 0.25) is 0 Å². The first-order valence-electron chi connectivity index (χ1n) is 8.33. The van der Waals surface area contributed by atoms with Gasteiger partial charge < -0.3 is 5.73 Å². The van der Waals surface area contributed by atoms with E-state index in [0.717, 1.165) is 16.6 Å². The van der Waals surface area contributed by atoms with Crippen LogP contribution in [-0.2, 0) is 10.0 Å². The fourth-order valence-electron chi connectivity index (χ4n) is 2.70. The van der Waals surface area contributed by atoms with Crippen LogP contribution >= 0.6 is 0 Å². The second kappa shape index (κ2) is 6.91. The predicted molar refractivity (Wildman–Crippen MR) is 106 cm³/mol. The highest BCUT2D eigenvalue weighted by molar-refractivity contribution is 7.89. The topological polar surface area (TPSA) is 128 Å². The van der Waals surface area contributed by atoms with Crippen molar-refractivity contribution >= 4 is 32.6 Å². The molecular formula is C18H17N7O2S. The minimum atomic E-state index is -3.79. The number of nitrogen functional groups attached to an aromatic ring is 1. The molecule has 0 bridgehead atoms. The molecule has 0 atom stereocenters. The van der Waals surface area contributed by atoms with E-state index >= 15 is 0 Å². The molecule has 0 amide bonds. The highest BCUT2D eigenvalue weighted by Gasteiger charge is 2.17. The lowest BCUT2D eigenvalue weighted by Gasteiger charge is -2.13. The number of fused-ring (bicyclic) bond motifs is 1. The molecule has 0 unspecified atom stereocenters. The van der Waals surface area contributed by atoms with Gasteiger partial charge in [-0.2, -0.15) is 0 Å². The van der Waals surface area contributed by atoms with E-state index in [1.54, 1.807) is 23.0 Å². The largest absolute Gasteiger partial charge is 0.393 e. The monoisotopic (exact) mass is 395 g/mol. The maximum Gasteiger partial charge on any atom is 0.257 e. The molecule has 10 heteroatoms. The summed E-state index contributed by atoms with van der Waals surface area (Å²) in [4.78, 5) is 15.0. The number of anilines is 2. The van der Waals surface area contributed by atoms with Gasteiger partial charge in [-0.15, -0.1) is 4.83 Å². The number of nitrogens with zero attached hydrogens (tertiary/aromatic N) is 4. The SMILES string of the molecule is Cc1ccc(S(=O)(=O)NNc2ncnc(-n3cnc4ccccc43)c2N)cc1. The quantitative estimate of drug-likeness (QED) is 0.441. The molecule has 4 aromatic rings. The molecule has 0 aliphatic heterocycles. The van der Waals surface area contributed by atoms with Crippen LogP contribution in [0.15, 0.2) is 66.1 Å². The van der Waals surface area contributed by atoms with E-state index in [2.05, 4.69) is 25.2 Å². The Labute approximate surface area is 161 Å². The summed E-state index contributed by atoms with van der Waals surface area (Å²) in [7, 11) is -3.79. The van der Waals surface area contributed by atoms with E-state index in [0.29, 0.717) is 5.82 Å². The average molecular weight is 395 g/mol. The first-order valence-corrected chi connectivity index (χ1v) is 9.81. The first-order chi connectivity index (χ1) is 13.5. The maximum atomic E-state index is 12.4. The molecule has 0 saturated carbocycles. The summed E-state index contributed by atoms with van der Waals surface area (Å²) >= 11 is 0. The zero-order chi connectivity index (χ0) is 19.7. The van der Waals surface area contributed by atoms with Gasteiger partial charge in [0, 0.05) is 0 Å². The molecule has 0 fully saturated rings. The van der Waals surface area contributed by atoms with E-state index in [1.807, 2.05) is 31.2 Å².